The van der Waals surface area contributed by atoms with E-state index in [9.17, 15) is 0 Å². The zero-order chi connectivity index (χ0) is 4.71. The van der Waals surface area contributed by atoms with Crippen LogP contribution in [0.15, 0.2) is 0 Å². The molecule has 0 bridgehead atoms. The van der Waals surface area contributed by atoms with Crippen LogP contribution in [0.1, 0.15) is 0 Å². The van der Waals surface area contributed by atoms with Crippen molar-refractivity contribution in [3.8, 4) is 0 Å². The molecular formula is C3H13BF3N. The summed E-state index contributed by atoms with van der Waals surface area (Å²) >= 11 is 0. The van der Waals surface area contributed by atoms with Gasteiger partial charge in [-0.25, -0.2) is 0 Å². The average molecular weight is 131 g/mol. The van der Waals surface area contributed by atoms with Gasteiger partial charge in [-0.2, -0.15) is 0 Å². The van der Waals surface area contributed by atoms with Crippen molar-refractivity contribution in [2.24, 2.45) is 0 Å². The number of hydrogen-bond donors (Lipinski definition) is 1. The first-order valence-electron chi connectivity index (χ1n) is 1.58. The number of hydrogen-bond acceptors (Lipinski definition) is 1. The summed E-state index contributed by atoms with van der Waals surface area (Å²) in [5.41, 5.74) is 0. The lowest BCUT2D eigenvalue weighted by molar-refractivity contribution is 1.02. The molecule has 0 aromatic rings. The van der Waals surface area contributed by atoms with E-state index in [-0.39, 0.29) is 14.1 Å². The third kappa shape index (κ3) is 3940. The van der Waals surface area contributed by atoms with Crippen molar-refractivity contribution in [2.75, 3.05) is 14.1 Å². The molecule has 0 aliphatic rings. The highest BCUT2D eigenvalue weighted by atomic mass is 19.0. The van der Waals surface area contributed by atoms with Crippen molar-refractivity contribution in [3.63, 3.8) is 0 Å². The maximum Gasteiger partial charge on any atom is 0.0606 e. The summed E-state index contributed by atoms with van der Waals surface area (Å²) in [6.45, 7) is 1.50. The van der Waals surface area contributed by atoms with Gasteiger partial charge in [0.1, 0.15) is 0 Å². The molecule has 0 aromatic carbocycles. The van der Waals surface area contributed by atoms with Gasteiger partial charge in [-0.3, -0.25) is 14.1 Å². The normalized spacial score (nSPS) is 2.88. The topological polar surface area (TPSA) is 12.0 Å². The van der Waals surface area contributed by atoms with Crippen LogP contribution < -0.4 is 5.32 Å². The Morgan fingerprint density at radius 2 is 0.875 bits per heavy atom. The largest absolute Gasteiger partial charge is 0.323 e. The molecule has 8 heavy (non-hydrogen) atoms. The Morgan fingerprint density at radius 1 is 0.875 bits per heavy atom. The van der Waals surface area contributed by atoms with E-state index in [2.05, 4.69) is 13.2 Å². The van der Waals surface area contributed by atoms with Crippen LogP contribution in [0.5, 0.6) is 0 Å². The highest BCUT2D eigenvalue weighted by Gasteiger charge is 1.25. The fourth-order valence-electron chi connectivity index (χ4n) is 0. The number of rotatable bonds is 0. The number of nitrogens with one attached hydrogen (secondary N) is 1. The van der Waals surface area contributed by atoms with E-state index in [1.54, 1.807) is 0 Å². The van der Waals surface area contributed by atoms with Gasteiger partial charge in [0.05, 0.1) is 7.85 Å². The van der Waals surface area contributed by atoms with Crippen molar-refractivity contribution in [2.45, 2.75) is 6.82 Å². The van der Waals surface area contributed by atoms with Gasteiger partial charge >= 0.3 is 0 Å². The summed E-state index contributed by atoms with van der Waals surface area (Å²) in [4.78, 5) is 0. The standard InChI is InChI=1S/C2H7N.CH3B.3FH/c1-3-2;1-2;;;/h3H,1-2H3;1H3;3*1H. The van der Waals surface area contributed by atoms with E-state index < -0.39 is 0 Å². The van der Waals surface area contributed by atoms with E-state index in [1.807, 2.05) is 14.1 Å². The Bertz CT molecular complexity index is 14.5. The summed E-state index contributed by atoms with van der Waals surface area (Å²) in [7, 11) is 8.25. The van der Waals surface area contributed by atoms with Gasteiger partial charge in [-0.1, -0.05) is 6.82 Å². The fraction of sp³-hybridized carbons (Fsp3) is 1.00. The lowest BCUT2D eigenvalue weighted by Gasteiger charge is -1.59. The zero-order valence-corrected chi connectivity index (χ0v) is 5.30. The fourth-order valence-corrected chi connectivity index (χ4v) is 0. The van der Waals surface area contributed by atoms with Crippen LogP contribution in [0.3, 0.4) is 0 Å². The first-order chi connectivity index (χ1) is 2.41. The molecule has 54 valence electrons. The monoisotopic (exact) mass is 131 g/mol. The van der Waals surface area contributed by atoms with Gasteiger partial charge in [0.2, 0.25) is 0 Å². The van der Waals surface area contributed by atoms with Gasteiger partial charge in [0.25, 0.3) is 0 Å². The molecule has 0 heterocycles. The van der Waals surface area contributed by atoms with Crippen LogP contribution in [0.4, 0.5) is 14.1 Å². The van der Waals surface area contributed by atoms with Crippen molar-refractivity contribution >= 4 is 7.85 Å². The molecule has 0 atom stereocenters. The molecule has 0 spiro atoms. The Morgan fingerprint density at radius 3 is 0.875 bits per heavy atom. The van der Waals surface area contributed by atoms with Gasteiger partial charge in [-0.05, 0) is 14.1 Å². The van der Waals surface area contributed by atoms with E-state index in [1.165, 1.54) is 6.82 Å². The van der Waals surface area contributed by atoms with Crippen molar-refractivity contribution in [1.29, 1.82) is 0 Å². The van der Waals surface area contributed by atoms with Crippen LogP contribution >= 0.6 is 0 Å². The molecule has 0 saturated heterocycles. The van der Waals surface area contributed by atoms with Crippen LogP contribution in [0.25, 0.3) is 0 Å². The second kappa shape index (κ2) is 347. The predicted molar refractivity (Wildman–Crippen MR) is 34.1 cm³/mol. The highest BCUT2D eigenvalue weighted by molar-refractivity contribution is 6.05. The van der Waals surface area contributed by atoms with Gasteiger partial charge in [0.15, 0.2) is 0 Å². The highest BCUT2D eigenvalue weighted by Crippen LogP contribution is 0.981. The second-order valence-corrected chi connectivity index (χ2v) is 0.500. The minimum absolute atomic E-state index is 0. The molecule has 0 aromatic heterocycles. The smallest absolute Gasteiger partial charge is 0.0606 e. The van der Waals surface area contributed by atoms with Crippen LogP contribution in [0.2, 0.25) is 6.82 Å². The lowest BCUT2D eigenvalue weighted by Crippen LogP contribution is -1.89. The minimum atomic E-state index is 0. The Labute approximate surface area is 49.4 Å². The first-order valence-corrected chi connectivity index (χ1v) is 1.58. The number of halogens is 3. The summed E-state index contributed by atoms with van der Waals surface area (Å²) in [6, 6.07) is 0. The summed E-state index contributed by atoms with van der Waals surface area (Å²) < 4.78 is 0. The van der Waals surface area contributed by atoms with Gasteiger partial charge in [-0.15, -0.1) is 0 Å². The summed E-state index contributed by atoms with van der Waals surface area (Å²) in [5, 5.41) is 2.75. The molecule has 2 radical (unpaired) electrons. The molecular weight excluding hydrogens is 118 g/mol. The van der Waals surface area contributed by atoms with Crippen molar-refractivity contribution in [1.82, 2.24) is 5.32 Å². The zero-order valence-electron chi connectivity index (χ0n) is 5.30. The molecule has 0 amide bonds. The Hall–Kier alpha value is -0.185. The molecule has 0 saturated carbocycles. The minimum Gasteiger partial charge on any atom is -0.323 e. The second-order valence-electron chi connectivity index (χ2n) is 0.500. The predicted octanol–water partition coefficient (Wildman–Crippen LogP) is 0.496. The van der Waals surface area contributed by atoms with E-state index in [0.717, 1.165) is 0 Å². The summed E-state index contributed by atoms with van der Waals surface area (Å²) in [6.07, 6.45) is 0. The molecule has 0 rings (SSSR count). The van der Waals surface area contributed by atoms with Crippen LogP contribution in [-0.4, -0.2) is 21.9 Å². The first kappa shape index (κ1) is 45.8. The molecule has 1 nitrogen and oxygen atoms in total. The van der Waals surface area contributed by atoms with Gasteiger partial charge in [0, 0.05) is 0 Å². The molecule has 1 N–H and O–H groups in total. The van der Waals surface area contributed by atoms with Gasteiger partial charge < -0.3 is 5.32 Å². The Kier molecular flexibility index (Phi) is 1990. The SMILES string of the molecule is CNC.F.F.F.[B]C. The molecule has 0 aliphatic carbocycles. The molecule has 0 aliphatic heterocycles. The van der Waals surface area contributed by atoms with E-state index in [0.29, 0.717) is 0 Å². The quantitative estimate of drug-likeness (QED) is 0.472. The maximum absolute atomic E-state index is 4.50. The van der Waals surface area contributed by atoms with Crippen LogP contribution in [0, 0.1) is 0 Å². The van der Waals surface area contributed by atoms with E-state index >= 15 is 0 Å². The van der Waals surface area contributed by atoms with E-state index in [4.69, 9.17) is 0 Å². The Balaban J connectivity index is -0.00000000567. The maximum atomic E-state index is 4.50. The third-order valence-electron chi connectivity index (χ3n) is 0. The van der Waals surface area contributed by atoms with Crippen molar-refractivity contribution < 1.29 is 14.1 Å². The third-order valence-corrected chi connectivity index (χ3v) is 0. The summed E-state index contributed by atoms with van der Waals surface area (Å²) in [5.74, 6) is 0. The molecule has 5 heteroatoms. The average Bonchev–Trinajstić information content (AvgIpc) is 1.46. The van der Waals surface area contributed by atoms with Crippen LogP contribution in [-0.2, 0) is 0 Å². The molecule has 0 fully saturated rings. The molecule has 0 unspecified atom stereocenters. The lowest BCUT2D eigenvalue weighted by atomic mass is 10.2. The van der Waals surface area contributed by atoms with Crippen molar-refractivity contribution in [3.05, 3.63) is 0 Å².